The second-order valence-corrected chi connectivity index (χ2v) is 5.45. The molecule has 0 spiro atoms. The number of fused-ring (bicyclic) bond motifs is 1. The van der Waals surface area contributed by atoms with E-state index in [2.05, 4.69) is 35.3 Å². The summed E-state index contributed by atoms with van der Waals surface area (Å²) in [5.74, 6) is 0. The van der Waals surface area contributed by atoms with Gasteiger partial charge in [0.2, 0.25) is 0 Å². The second kappa shape index (κ2) is 4.79. The molecule has 0 amide bonds. The molecule has 3 rings (SSSR count). The number of benzene rings is 1. The fourth-order valence-corrected chi connectivity index (χ4v) is 3.19. The van der Waals surface area contributed by atoms with E-state index in [9.17, 15) is 0 Å². The van der Waals surface area contributed by atoms with Gasteiger partial charge >= 0.3 is 0 Å². The van der Waals surface area contributed by atoms with Crippen LogP contribution < -0.4 is 5.32 Å². The van der Waals surface area contributed by atoms with Gasteiger partial charge in [0.15, 0.2) is 0 Å². The molecule has 2 aliphatic rings. The molecular weight excluding hydrogens is 208 g/mol. The minimum absolute atomic E-state index is 0.610. The lowest BCUT2D eigenvalue weighted by atomic mass is 9.92. The highest BCUT2D eigenvalue weighted by atomic mass is 15.2. The Balaban J connectivity index is 1.89. The van der Waals surface area contributed by atoms with Crippen molar-refractivity contribution < 1.29 is 0 Å². The zero-order valence-electron chi connectivity index (χ0n) is 10.7. The van der Waals surface area contributed by atoms with Crippen LogP contribution in [0.1, 0.15) is 42.0 Å². The van der Waals surface area contributed by atoms with E-state index in [0.29, 0.717) is 6.04 Å². The number of piperidine rings is 1. The van der Waals surface area contributed by atoms with Crippen molar-refractivity contribution >= 4 is 0 Å². The Morgan fingerprint density at radius 3 is 2.82 bits per heavy atom. The SMILES string of the molecule is Cc1ccc2c(c1)[C@@H](N1CCCCC1)CNC2. The molecular formula is C15H22N2. The molecule has 2 heterocycles. The van der Waals surface area contributed by atoms with Crippen molar-refractivity contribution in [3.8, 4) is 0 Å². The van der Waals surface area contributed by atoms with E-state index in [1.807, 2.05) is 0 Å². The highest BCUT2D eigenvalue weighted by Crippen LogP contribution is 2.30. The van der Waals surface area contributed by atoms with Crippen LogP contribution in [0, 0.1) is 6.92 Å². The van der Waals surface area contributed by atoms with E-state index in [1.165, 1.54) is 43.5 Å². The quantitative estimate of drug-likeness (QED) is 0.798. The monoisotopic (exact) mass is 230 g/mol. The Hall–Kier alpha value is -0.860. The summed E-state index contributed by atoms with van der Waals surface area (Å²) in [4.78, 5) is 2.67. The molecule has 1 atom stereocenters. The predicted octanol–water partition coefficient (Wildman–Crippen LogP) is 2.63. The van der Waals surface area contributed by atoms with E-state index in [-0.39, 0.29) is 0 Å². The lowest BCUT2D eigenvalue weighted by molar-refractivity contribution is 0.154. The predicted molar refractivity (Wildman–Crippen MR) is 71.1 cm³/mol. The topological polar surface area (TPSA) is 15.3 Å². The van der Waals surface area contributed by atoms with Crippen molar-refractivity contribution in [3.63, 3.8) is 0 Å². The molecule has 0 bridgehead atoms. The molecule has 2 aliphatic heterocycles. The van der Waals surface area contributed by atoms with Gasteiger partial charge in [-0.3, -0.25) is 4.90 Å². The number of hydrogen-bond donors (Lipinski definition) is 1. The van der Waals surface area contributed by atoms with Gasteiger partial charge in [-0.15, -0.1) is 0 Å². The number of hydrogen-bond acceptors (Lipinski definition) is 2. The first kappa shape index (κ1) is 11.2. The van der Waals surface area contributed by atoms with Crippen LogP contribution >= 0.6 is 0 Å². The molecule has 0 saturated carbocycles. The minimum atomic E-state index is 0.610. The molecule has 1 aromatic rings. The number of rotatable bonds is 1. The van der Waals surface area contributed by atoms with Crippen LogP contribution in [0.15, 0.2) is 18.2 Å². The van der Waals surface area contributed by atoms with Crippen molar-refractivity contribution in [2.75, 3.05) is 19.6 Å². The second-order valence-electron chi connectivity index (χ2n) is 5.45. The van der Waals surface area contributed by atoms with Crippen molar-refractivity contribution in [1.29, 1.82) is 0 Å². The van der Waals surface area contributed by atoms with Gasteiger partial charge < -0.3 is 5.32 Å². The average Bonchev–Trinajstić information content (AvgIpc) is 2.39. The summed E-state index contributed by atoms with van der Waals surface area (Å²) in [5.41, 5.74) is 4.47. The van der Waals surface area contributed by atoms with E-state index in [1.54, 1.807) is 5.56 Å². The number of likely N-dealkylation sites (tertiary alicyclic amines) is 1. The van der Waals surface area contributed by atoms with Gasteiger partial charge in [0.25, 0.3) is 0 Å². The maximum atomic E-state index is 3.57. The van der Waals surface area contributed by atoms with E-state index in [0.717, 1.165) is 13.1 Å². The van der Waals surface area contributed by atoms with Crippen molar-refractivity contribution in [2.45, 2.75) is 38.8 Å². The molecule has 2 nitrogen and oxygen atoms in total. The van der Waals surface area contributed by atoms with Crippen LogP contribution in [-0.2, 0) is 6.54 Å². The summed E-state index contributed by atoms with van der Waals surface area (Å²) >= 11 is 0. The molecule has 0 aliphatic carbocycles. The Labute approximate surface area is 104 Å². The number of nitrogens with zero attached hydrogens (tertiary/aromatic N) is 1. The maximum absolute atomic E-state index is 3.57. The zero-order chi connectivity index (χ0) is 11.7. The molecule has 2 heteroatoms. The van der Waals surface area contributed by atoms with Gasteiger partial charge in [0, 0.05) is 19.1 Å². The van der Waals surface area contributed by atoms with Gasteiger partial charge in [0.05, 0.1) is 0 Å². The van der Waals surface area contributed by atoms with E-state index >= 15 is 0 Å². The summed E-state index contributed by atoms with van der Waals surface area (Å²) in [6.07, 6.45) is 4.16. The normalized spacial score (nSPS) is 25.6. The molecule has 0 unspecified atom stereocenters. The summed E-state index contributed by atoms with van der Waals surface area (Å²) in [5, 5.41) is 3.57. The van der Waals surface area contributed by atoms with E-state index in [4.69, 9.17) is 0 Å². The molecule has 1 aromatic carbocycles. The van der Waals surface area contributed by atoms with Gasteiger partial charge in [-0.1, -0.05) is 30.2 Å². The first-order valence-corrected chi connectivity index (χ1v) is 6.89. The van der Waals surface area contributed by atoms with Crippen molar-refractivity contribution in [1.82, 2.24) is 10.2 Å². The third-order valence-electron chi connectivity index (χ3n) is 4.14. The van der Waals surface area contributed by atoms with Crippen LogP contribution in [-0.4, -0.2) is 24.5 Å². The molecule has 1 saturated heterocycles. The summed E-state index contributed by atoms with van der Waals surface area (Å²) in [6, 6.07) is 7.54. The molecule has 0 aromatic heterocycles. The summed E-state index contributed by atoms with van der Waals surface area (Å²) in [6.45, 7) is 6.92. The Morgan fingerprint density at radius 1 is 1.18 bits per heavy atom. The van der Waals surface area contributed by atoms with Crippen LogP contribution in [0.5, 0.6) is 0 Å². The highest BCUT2D eigenvalue weighted by Gasteiger charge is 2.26. The van der Waals surface area contributed by atoms with Crippen molar-refractivity contribution in [3.05, 3.63) is 34.9 Å². The van der Waals surface area contributed by atoms with Crippen LogP contribution in [0.4, 0.5) is 0 Å². The molecule has 0 radical (unpaired) electrons. The zero-order valence-corrected chi connectivity index (χ0v) is 10.7. The van der Waals surface area contributed by atoms with Gasteiger partial charge in [-0.25, -0.2) is 0 Å². The van der Waals surface area contributed by atoms with Crippen LogP contribution in [0.2, 0.25) is 0 Å². The fourth-order valence-electron chi connectivity index (χ4n) is 3.19. The third-order valence-corrected chi connectivity index (χ3v) is 4.14. The minimum Gasteiger partial charge on any atom is -0.311 e. The maximum Gasteiger partial charge on any atom is 0.0476 e. The van der Waals surface area contributed by atoms with Crippen molar-refractivity contribution in [2.24, 2.45) is 0 Å². The largest absolute Gasteiger partial charge is 0.311 e. The lowest BCUT2D eigenvalue weighted by Crippen LogP contribution is -2.42. The fraction of sp³-hybridized carbons (Fsp3) is 0.600. The summed E-state index contributed by atoms with van der Waals surface area (Å²) in [7, 11) is 0. The van der Waals surface area contributed by atoms with Gasteiger partial charge in [-0.2, -0.15) is 0 Å². The Kier molecular flexibility index (Phi) is 3.17. The van der Waals surface area contributed by atoms with Crippen LogP contribution in [0.25, 0.3) is 0 Å². The molecule has 17 heavy (non-hydrogen) atoms. The summed E-state index contributed by atoms with van der Waals surface area (Å²) < 4.78 is 0. The van der Waals surface area contributed by atoms with Gasteiger partial charge in [0.1, 0.15) is 0 Å². The van der Waals surface area contributed by atoms with Gasteiger partial charge in [-0.05, 0) is 44.0 Å². The Bertz CT molecular complexity index is 394. The smallest absolute Gasteiger partial charge is 0.0476 e. The van der Waals surface area contributed by atoms with E-state index < -0.39 is 0 Å². The average molecular weight is 230 g/mol. The third kappa shape index (κ3) is 2.24. The number of nitrogens with one attached hydrogen (secondary N) is 1. The lowest BCUT2D eigenvalue weighted by Gasteiger charge is -2.38. The first-order chi connectivity index (χ1) is 8.34. The number of aryl methyl sites for hydroxylation is 1. The molecule has 92 valence electrons. The standard InChI is InChI=1S/C15H22N2/c1-12-5-6-13-10-16-11-15(14(13)9-12)17-7-3-2-4-8-17/h5-6,9,15-16H,2-4,7-8,10-11H2,1H3/t15-/m0/s1. The van der Waals surface area contributed by atoms with Crippen LogP contribution in [0.3, 0.4) is 0 Å². The molecule has 1 fully saturated rings. The first-order valence-electron chi connectivity index (χ1n) is 6.89. The molecule has 1 N–H and O–H groups in total. The highest BCUT2D eigenvalue weighted by molar-refractivity contribution is 5.36. The Morgan fingerprint density at radius 2 is 2.00 bits per heavy atom.